The molecule has 1 rings (SSSR count). The Kier molecular flexibility index (Phi) is 5.57. The van der Waals surface area contributed by atoms with Crippen molar-refractivity contribution < 1.29 is 9.53 Å². The Morgan fingerprint density at radius 2 is 2.00 bits per heavy atom. The number of hydrogen-bond acceptors (Lipinski definition) is 2. The lowest BCUT2D eigenvalue weighted by molar-refractivity contribution is -0.132. The molecule has 0 saturated heterocycles. The predicted molar refractivity (Wildman–Crippen MR) is 64.0 cm³/mol. The van der Waals surface area contributed by atoms with Crippen LogP contribution in [0.25, 0.3) is 0 Å². The molecule has 0 spiro atoms. The van der Waals surface area contributed by atoms with Crippen LogP contribution in [0.1, 0.15) is 25.8 Å². The van der Waals surface area contributed by atoms with Gasteiger partial charge >= 0.3 is 0 Å². The van der Waals surface area contributed by atoms with E-state index < -0.39 is 0 Å². The molecule has 0 aliphatic rings. The van der Waals surface area contributed by atoms with Gasteiger partial charge in [-0.3, -0.25) is 4.79 Å². The molecule has 0 aliphatic heterocycles. The van der Waals surface area contributed by atoms with Crippen LogP contribution >= 0.6 is 0 Å². The summed E-state index contributed by atoms with van der Waals surface area (Å²) in [6.07, 6.45) is 0.378. The summed E-state index contributed by atoms with van der Waals surface area (Å²) in [5.74, 6) is -0.0341. The average Bonchev–Trinajstić information content (AvgIpc) is 2.34. The lowest BCUT2D eigenvalue weighted by atomic mass is 10.2. The Labute approximate surface area is 96.8 Å². The van der Waals surface area contributed by atoms with Gasteiger partial charge in [0.1, 0.15) is 6.10 Å². The number of rotatable bonds is 6. The second-order valence-corrected chi connectivity index (χ2v) is 3.56. The lowest BCUT2D eigenvalue weighted by Crippen LogP contribution is -2.35. The zero-order valence-electron chi connectivity index (χ0n) is 9.90. The molecule has 0 saturated carbocycles. The molecular weight excluding hydrogens is 202 g/mol. The number of carbonyl (C=O) groups excluding carboxylic acids is 1. The largest absolute Gasteiger partial charge is 0.369 e. The maximum atomic E-state index is 11.7. The van der Waals surface area contributed by atoms with Gasteiger partial charge in [0.05, 0.1) is 0 Å². The van der Waals surface area contributed by atoms with Gasteiger partial charge in [-0.25, -0.2) is 0 Å². The summed E-state index contributed by atoms with van der Waals surface area (Å²) < 4.78 is 5.33. The first-order chi connectivity index (χ1) is 7.77. The number of carbonyl (C=O) groups is 1. The van der Waals surface area contributed by atoms with Gasteiger partial charge in [0.15, 0.2) is 0 Å². The minimum atomic E-state index is -0.325. The monoisotopic (exact) mass is 221 g/mol. The molecule has 88 valence electrons. The van der Waals surface area contributed by atoms with Gasteiger partial charge < -0.3 is 10.1 Å². The number of amides is 1. The molecular formula is C13H19NO2. The highest BCUT2D eigenvalue weighted by Crippen LogP contribution is 2.01. The first-order valence-electron chi connectivity index (χ1n) is 5.71. The smallest absolute Gasteiger partial charge is 0.249 e. The zero-order chi connectivity index (χ0) is 11.8. The lowest BCUT2D eigenvalue weighted by Gasteiger charge is -2.14. The summed E-state index contributed by atoms with van der Waals surface area (Å²) in [5, 5.41) is 2.87. The first kappa shape index (κ1) is 12.7. The molecule has 16 heavy (non-hydrogen) atoms. The van der Waals surface area contributed by atoms with Gasteiger partial charge in [-0.1, -0.05) is 37.3 Å². The Morgan fingerprint density at radius 1 is 1.31 bits per heavy atom. The quantitative estimate of drug-likeness (QED) is 0.799. The van der Waals surface area contributed by atoms with Crippen LogP contribution in [0, 0.1) is 0 Å². The Hall–Kier alpha value is -1.35. The fraction of sp³-hybridized carbons (Fsp3) is 0.462. The number of benzene rings is 1. The summed E-state index contributed by atoms with van der Waals surface area (Å²) in [6, 6.07) is 9.85. The second-order valence-electron chi connectivity index (χ2n) is 3.56. The van der Waals surface area contributed by atoms with Gasteiger partial charge in [-0.2, -0.15) is 0 Å². The number of ether oxygens (including phenoxy) is 1. The summed E-state index contributed by atoms with van der Waals surface area (Å²) >= 11 is 0. The fourth-order valence-electron chi connectivity index (χ4n) is 1.48. The highest BCUT2D eigenvalue weighted by atomic mass is 16.5. The van der Waals surface area contributed by atoms with E-state index >= 15 is 0 Å². The molecule has 1 atom stereocenters. The molecule has 1 amide bonds. The van der Waals surface area contributed by atoms with Crippen molar-refractivity contribution >= 4 is 5.91 Å². The van der Waals surface area contributed by atoms with Crippen LogP contribution in [-0.2, 0) is 16.1 Å². The minimum absolute atomic E-state index is 0.0341. The molecule has 0 fully saturated rings. The van der Waals surface area contributed by atoms with E-state index in [-0.39, 0.29) is 12.0 Å². The van der Waals surface area contributed by atoms with E-state index in [4.69, 9.17) is 4.74 Å². The molecule has 0 aliphatic carbocycles. The fourth-order valence-corrected chi connectivity index (χ4v) is 1.48. The number of hydrogen-bond donors (Lipinski definition) is 1. The van der Waals surface area contributed by atoms with Crippen molar-refractivity contribution in [3.63, 3.8) is 0 Å². The van der Waals surface area contributed by atoms with Crippen LogP contribution in [0.15, 0.2) is 30.3 Å². The highest BCUT2D eigenvalue weighted by molar-refractivity contribution is 5.80. The van der Waals surface area contributed by atoms with E-state index in [1.165, 1.54) is 0 Å². The summed E-state index contributed by atoms with van der Waals surface area (Å²) in [4.78, 5) is 11.7. The van der Waals surface area contributed by atoms with Crippen molar-refractivity contribution in [1.29, 1.82) is 0 Å². The molecule has 0 bridgehead atoms. The van der Waals surface area contributed by atoms with Crippen LogP contribution < -0.4 is 5.32 Å². The van der Waals surface area contributed by atoms with Gasteiger partial charge in [0.25, 0.3) is 0 Å². The molecule has 3 nitrogen and oxygen atoms in total. The van der Waals surface area contributed by atoms with Crippen LogP contribution in [0.3, 0.4) is 0 Å². The van der Waals surface area contributed by atoms with E-state index in [1.807, 2.05) is 44.2 Å². The second kappa shape index (κ2) is 7.01. The Bertz CT molecular complexity index is 311. The summed E-state index contributed by atoms with van der Waals surface area (Å²) in [5.41, 5.74) is 1.10. The van der Waals surface area contributed by atoms with Gasteiger partial charge in [0, 0.05) is 13.2 Å². The first-order valence-corrected chi connectivity index (χ1v) is 5.71. The molecule has 0 heterocycles. The molecule has 3 heteroatoms. The molecule has 1 N–H and O–H groups in total. The normalized spacial score (nSPS) is 12.1. The third-order valence-electron chi connectivity index (χ3n) is 2.34. The molecule has 1 aromatic rings. The van der Waals surface area contributed by atoms with Gasteiger partial charge in [-0.15, -0.1) is 0 Å². The zero-order valence-corrected chi connectivity index (χ0v) is 9.90. The van der Waals surface area contributed by atoms with Crippen molar-refractivity contribution in [3.05, 3.63) is 35.9 Å². The minimum Gasteiger partial charge on any atom is -0.369 e. The van der Waals surface area contributed by atoms with Crippen molar-refractivity contribution in [2.45, 2.75) is 32.9 Å². The average molecular weight is 221 g/mol. The van der Waals surface area contributed by atoms with Crippen LogP contribution in [0.2, 0.25) is 0 Å². The van der Waals surface area contributed by atoms with E-state index in [0.717, 1.165) is 5.56 Å². The molecule has 0 aromatic heterocycles. The Morgan fingerprint density at radius 3 is 2.56 bits per heavy atom. The summed E-state index contributed by atoms with van der Waals surface area (Å²) in [6.45, 7) is 4.97. The summed E-state index contributed by atoms with van der Waals surface area (Å²) in [7, 11) is 0. The predicted octanol–water partition coefficient (Wildman–Crippen LogP) is 2.12. The van der Waals surface area contributed by atoms with E-state index in [2.05, 4.69) is 5.32 Å². The van der Waals surface area contributed by atoms with E-state index in [1.54, 1.807) is 0 Å². The number of nitrogens with one attached hydrogen (secondary N) is 1. The topological polar surface area (TPSA) is 38.3 Å². The Balaban J connectivity index is 2.40. The molecule has 1 aromatic carbocycles. The maximum Gasteiger partial charge on any atom is 0.249 e. The van der Waals surface area contributed by atoms with Gasteiger partial charge in [-0.05, 0) is 18.9 Å². The van der Waals surface area contributed by atoms with Crippen LogP contribution in [0.5, 0.6) is 0 Å². The van der Waals surface area contributed by atoms with Gasteiger partial charge in [0.2, 0.25) is 5.91 Å². The molecule has 0 radical (unpaired) electrons. The standard InChI is InChI=1S/C13H19NO2/c1-3-12(16-4-2)13(15)14-10-11-8-6-5-7-9-11/h5-9,12H,3-4,10H2,1-2H3,(H,14,15). The van der Waals surface area contributed by atoms with E-state index in [9.17, 15) is 4.79 Å². The van der Waals surface area contributed by atoms with Crippen molar-refractivity contribution in [1.82, 2.24) is 5.32 Å². The van der Waals surface area contributed by atoms with Crippen molar-refractivity contribution in [3.8, 4) is 0 Å². The van der Waals surface area contributed by atoms with Crippen molar-refractivity contribution in [2.75, 3.05) is 6.61 Å². The van der Waals surface area contributed by atoms with Crippen molar-refractivity contribution in [2.24, 2.45) is 0 Å². The SMILES string of the molecule is CCOC(CC)C(=O)NCc1ccccc1. The van der Waals surface area contributed by atoms with Crippen LogP contribution in [0.4, 0.5) is 0 Å². The third-order valence-corrected chi connectivity index (χ3v) is 2.34. The van der Waals surface area contributed by atoms with E-state index in [0.29, 0.717) is 19.6 Å². The molecule has 1 unspecified atom stereocenters. The van der Waals surface area contributed by atoms with Crippen LogP contribution in [-0.4, -0.2) is 18.6 Å². The third kappa shape index (κ3) is 4.03. The highest BCUT2D eigenvalue weighted by Gasteiger charge is 2.15. The maximum absolute atomic E-state index is 11.7.